The van der Waals surface area contributed by atoms with Crippen LogP contribution in [0.3, 0.4) is 0 Å². The van der Waals surface area contributed by atoms with Gasteiger partial charge in [-0.25, -0.2) is 0 Å². The monoisotopic (exact) mass is 355 g/mol. The van der Waals surface area contributed by atoms with E-state index in [1.807, 2.05) is 19.9 Å². The lowest BCUT2D eigenvalue weighted by Crippen LogP contribution is -2.22. The summed E-state index contributed by atoms with van der Waals surface area (Å²) in [7, 11) is 1.71. The number of methoxy groups -OCH3 is 1. The largest absolute Gasteiger partial charge is 0.497 e. The van der Waals surface area contributed by atoms with Crippen molar-refractivity contribution in [3.63, 3.8) is 0 Å². The Labute approximate surface area is 156 Å². The number of hydrogen-bond donors (Lipinski definition) is 0. The van der Waals surface area contributed by atoms with Gasteiger partial charge in [0.2, 0.25) is 0 Å². The Morgan fingerprint density at radius 3 is 2.38 bits per heavy atom. The number of nitrogens with zero attached hydrogens (tertiary/aromatic N) is 1. The van der Waals surface area contributed by atoms with Crippen LogP contribution >= 0.6 is 0 Å². The summed E-state index contributed by atoms with van der Waals surface area (Å²) >= 11 is 0. The highest BCUT2D eigenvalue weighted by molar-refractivity contribution is 5.43. The lowest BCUT2D eigenvalue weighted by Gasteiger charge is -2.25. The molecule has 0 radical (unpaired) electrons. The van der Waals surface area contributed by atoms with E-state index in [-0.39, 0.29) is 0 Å². The molecule has 0 bridgehead atoms. The first-order chi connectivity index (χ1) is 12.7. The second-order valence-electron chi connectivity index (χ2n) is 6.55. The minimum absolute atomic E-state index is 0.461. The van der Waals surface area contributed by atoms with E-state index >= 15 is 0 Å². The van der Waals surface area contributed by atoms with Crippen LogP contribution < -0.4 is 14.2 Å². The van der Waals surface area contributed by atoms with Gasteiger partial charge in [-0.05, 0) is 68.6 Å². The molecule has 4 heteroatoms. The van der Waals surface area contributed by atoms with Crippen LogP contribution in [0.4, 0.5) is 0 Å². The highest BCUT2D eigenvalue weighted by atomic mass is 16.5. The van der Waals surface area contributed by atoms with Gasteiger partial charge in [0.15, 0.2) is 11.5 Å². The third-order valence-corrected chi connectivity index (χ3v) is 4.86. The zero-order chi connectivity index (χ0) is 18.4. The quantitative estimate of drug-likeness (QED) is 0.679. The molecule has 1 aliphatic heterocycles. The van der Waals surface area contributed by atoms with Gasteiger partial charge >= 0.3 is 0 Å². The summed E-state index contributed by atoms with van der Waals surface area (Å²) in [4.78, 5) is 2.55. The van der Waals surface area contributed by atoms with Gasteiger partial charge in [-0.3, -0.25) is 4.90 Å². The summed E-state index contributed by atoms with van der Waals surface area (Å²) in [5, 5.41) is 0. The summed E-state index contributed by atoms with van der Waals surface area (Å²) in [5.74, 6) is 2.57. The van der Waals surface area contributed by atoms with Crippen LogP contribution in [-0.2, 0) is 6.54 Å². The highest BCUT2D eigenvalue weighted by Gasteiger charge is 2.26. The Balaban J connectivity index is 1.75. The Morgan fingerprint density at radius 2 is 1.69 bits per heavy atom. The number of likely N-dealkylation sites (tertiary alicyclic amines) is 1. The van der Waals surface area contributed by atoms with Crippen molar-refractivity contribution < 1.29 is 14.2 Å². The summed E-state index contributed by atoms with van der Waals surface area (Å²) in [5.41, 5.74) is 2.62. The van der Waals surface area contributed by atoms with E-state index in [1.54, 1.807) is 7.11 Å². The molecule has 0 unspecified atom stereocenters. The van der Waals surface area contributed by atoms with Gasteiger partial charge in [0.1, 0.15) is 5.75 Å². The Bertz CT molecular complexity index is 699. The zero-order valence-corrected chi connectivity index (χ0v) is 16.0. The van der Waals surface area contributed by atoms with Gasteiger partial charge in [0.05, 0.1) is 20.3 Å². The molecule has 2 aromatic carbocycles. The number of benzene rings is 2. The lowest BCUT2D eigenvalue weighted by atomic mass is 10.0. The molecule has 4 nitrogen and oxygen atoms in total. The van der Waals surface area contributed by atoms with Crippen LogP contribution in [0, 0.1) is 0 Å². The van der Waals surface area contributed by atoms with E-state index in [2.05, 4.69) is 41.3 Å². The predicted molar refractivity (Wildman–Crippen MR) is 104 cm³/mol. The van der Waals surface area contributed by atoms with Gasteiger partial charge in [-0.15, -0.1) is 0 Å². The van der Waals surface area contributed by atoms with E-state index < -0.39 is 0 Å². The SMILES string of the molecule is CCOc1ccc(CN2CCC[C@@H]2c2ccc(OC)cc2)cc1OCC. The van der Waals surface area contributed by atoms with Gasteiger partial charge in [-0.1, -0.05) is 18.2 Å². The van der Waals surface area contributed by atoms with Gasteiger partial charge < -0.3 is 14.2 Å². The second-order valence-corrected chi connectivity index (χ2v) is 6.55. The topological polar surface area (TPSA) is 30.9 Å². The van der Waals surface area contributed by atoms with Crippen molar-refractivity contribution >= 4 is 0 Å². The minimum Gasteiger partial charge on any atom is -0.497 e. The fraction of sp³-hybridized carbons (Fsp3) is 0.455. The zero-order valence-electron chi connectivity index (χ0n) is 16.0. The summed E-state index contributed by atoms with van der Waals surface area (Å²) in [6.45, 7) is 7.32. The molecular weight excluding hydrogens is 326 g/mol. The second kappa shape index (κ2) is 8.95. The van der Waals surface area contributed by atoms with Crippen LogP contribution in [0.15, 0.2) is 42.5 Å². The van der Waals surface area contributed by atoms with Crippen LogP contribution in [0.1, 0.15) is 43.9 Å². The van der Waals surface area contributed by atoms with Crippen molar-refractivity contribution in [3.8, 4) is 17.2 Å². The first-order valence-corrected chi connectivity index (χ1v) is 9.51. The first kappa shape index (κ1) is 18.6. The minimum atomic E-state index is 0.461. The molecule has 1 saturated heterocycles. The molecule has 2 aromatic rings. The Hall–Kier alpha value is -2.20. The molecule has 0 aliphatic carbocycles. The van der Waals surface area contributed by atoms with Crippen LogP contribution in [-0.4, -0.2) is 31.8 Å². The predicted octanol–water partition coefficient (Wildman–Crippen LogP) is 4.83. The average molecular weight is 355 g/mol. The maximum atomic E-state index is 5.77. The molecule has 1 atom stereocenters. The van der Waals surface area contributed by atoms with E-state index in [9.17, 15) is 0 Å². The molecule has 0 amide bonds. The normalized spacial score (nSPS) is 17.3. The molecule has 1 heterocycles. The van der Waals surface area contributed by atoms with E-state index in [1.165, 1.54) is 24.0 Å². The van der Waals surface area contributed by atoms with Crippen LogP contribution in [0.5, 0.6) is 17.2 Å². The smallest absolute Gasteiger partial charge is 0.161 e. The fourth-order valence-corrected chi connectivity index (χ4v) is 3.65. The maximum Gasteiger partial charge on any atom is 0.161 e. The molecule has 0 N–H and O–H groups in total. The molecule has 1 fully saturated rings. The van der Waals surface area contributed by atoms with Crippen molar-refractivity contribution in [2.24, 2.45) is 0 Å². The summed E-state index contributed by atoms with van der Waals surface area (Å²) in [6.07, 6.45) is 2.42. The van der Waals surface area contributed by atoms with Gasteiger partial charge in [-0.2, -0.15) is 0 Å². The number of ether oxygens (including phenoxy) is 3. The van der Waals surface area contributed by atoms with Gasteiger partial charge in [0.25, 0.3) is 0 Å². The Kier molecular flexibility index (Phi) is 6.40. The summed E-state index contributed by atoms with van der Waals surface area (Å²) < 4.78 is 16.7. The molecule has 26 heavy (non-hydrogen) atoms. The van der Waals surface area contributed by atoms with Crippen molar-refractivity contribution in [1.82, 2.24) is 4.90 Å². The maximum absolute atomic E-state index is 5.77. The van der Waals surface area contributed by atoms with E-state index in [0.29, 0.717) is 19.3 Å². The Morgan fingerprint density at radius 1 is 0.962 bits per heavy atom. The third kappa shape index (κ3) is 4.31. The molecule has 0 saturated carbocycles. The van der Waals surface area contributed by atoms with E-state index in [4.69, 9.17) is 14.2 Å². The number of rotatable bonds is 8. The summed E-state index contributed by atoms with van der Waals surface area (Å²) in [6, 6.07) is 15.2. The molecule has 0 spiro atoms. The third-order valence-electron chi connectivity index (χ3n) is 4.86. The van der Waals surface area contributed by atoms with Crippen molar-refractivity contribution in [3.05, 3.63) is 53.6 Å². The molecule has 3 rings (SSSR count). The lowest BCUT2D eigenvalue weighted by molar-refractivity contribution is 0.246. The van der Waals surface area contributed by atoms with Crippen molar-refractivity contribution in [2.45, 2.75) is 39.3 Å². The van der Waals surface area contributed by atoms with Gasteiger partial charge in [0, 0.05) is 12.6 Å². The van der Waals surface area contributed by atoms with Crippen molar-refractivity contribution in [2.75, 3.05) is 26.9 Å². The fourth-order valence-electron chi connectivity index (χ4n) is 3.65. The standard InChI is InChI=1S/C22H29NO3/c1-4-25-21-13-8-17(15-22(21)26-5-2)16-23-14-6-7-20(23)18-9-11-19(24-3)12-10-18/h8-13,15,20H,4-7,14,16H2,1-3H3/t20-/m1/s1. The van der Waals surface area contributed by atoms with Crippen molar-refractivity contribution in [1.29, 1.82) is 0 Å². The number of hydrogen-bond acceptors (Lipinski definition) is 4. The molecule has 140 valence electrons. The molecule has 1 aliphatic rings. The van der Waals surface area contributed by atoms with E-state index in [0.717, 1.165) is 30.3 Å². The highest BCUT2D eigenvalue weighted by Crippen LogP contribution is 2.35. The average Bonchev–Trinajstić information content (AvgIpc) is 3.12. The first-order valence-electron chi connectivity index (χ1n) is 9.51. The van der Waals surface area contributed by atoms with Crippen LogP contribution in [0.25, 0.3) is 0 Å². The van der Waals surface area contributed by atoms with Crippen LogP contribution in [0.2, 0.25) is 0 Å². The molecule has 0 aromatic heterocycles. The molecular formula is C22H29NO3.